The zero-order valence-electron chi connectivity index (χ0n) is 17.7. The highest BCUT2D eigenvalue weighted by Crippen LogP contribution is 2.30. The number of hydrogen-bond donors (Lipinski definition) is 1. The summed E-state index contributed by atoms with van der Waals surface area (Å²) in [6.45, 7) is 0.907. The molecule has 2 atom stereocenters. The van der Waals surface area contributed by atoms with E-state index in [-0.39, 0.29) is 18.0 Å². The molecule has 7 nitrogen and oxygen atoms in total. The SMILES string of the molecule is O=C(CC1CCCCN1c1ccnc(-n2ccnc2)n1)NC1CCCc2ccccc21. The molecule has 0 radical (unpaired) electrons. The first-order valence-electron chi connectivity index (χ1n) is 11.2. The van der Waals surface area contributed by atoms with Crippen LogP contribution in [0.15, 0.2) is 55.2 Å². The molecule has 3 aromatic rings. The maximum Gasteiger partial charge on any atom is 0.236 e. The molecule has 1 aromatic carbocycles. The van der Waals surface area contributed by atoms with Gasteiger partial charge in [0.2, 0.25) is 11.9 Å². The number of carbonyl (C=O) groups is 1. The molecule has 2 aromatic heterocycles. The Bertz CT molecular complexity index is 1030. The van der Waals surface area contributed by atoms with Crippen molar-refractivity contribution >= 4 is 11.7 Å². The van der Waals surface area contributed by atoms with Crippen LogP contribution >= 0.6 is 0 Å². The van der Waals surface area contributed by atoms with Crippen LogP contribution in [0.25, 0.3) is 5.95 Å². The lowest BCUT2D eigenvalue weighted by Crippen LogP contribution is -2.44. The predicted molar refractivity (Wildman–Crippen MR) is 119 cm³/mol. The second-order valence-electron chi connectivity index (χ2n) is 8.44. The zero-order valence-corrected chi connectivity index (χ0v) is 17.7. The number of piperidine rings is 1. The number of amides is 1. The van der Waals surface area contributed by atoms with Gasteiger partial charge in [-0.2, -0.15) is 4.98 Å². The van der Waals surface area contributed by atoms with E-state index >= 15 is 0 Å². The van der Waals surface area contributed by atoms with Crippen molar-refractivity contribution in [1.82, 2.24) is 24.8 Å². The third-order valence-corrected chi connectivity index (χ3v) is 6.41. The third-order valence-electron chi connectivity index (χ3n) is 6.41. The van der Waals surface area contributed by atoms with Crippen molar-refractivity contribution in [3.63, 3.8) is 0 Å². The number of nitrogens with one attached hydrogen (secondary N) is 1. The molecule has 1 saturated heterocycles. The minimum Gasteiger partial charge on any atom is -0.353 e. The number of carbonyl (C=O) groups excluding carboxylic acids is 1. The minimum atomic E-state index is 0.126. The van der Waals surface area contributed by atoms with E-state index in [0.717, 1.165) is 50.9 Å². The molecule has 0 bridgehead atoms. The predicted octanol–water partition coefficient (Wildman–Crippen LogP) is 3.61. The molecular weight excluding hydrogens is 388 g/mol. The fraction of sp³-hybridized carbons (Fsp3) is 0.417. The molecule has 0 saturated carbocycles. The first kappa shape index (κ1) is 19.7. The summed E-state index contributed by atoms with van der Waals surface area (Å²) in [5.41, 5.74) is 2.65. The molecule has 1 fully saturated rings. The van der Waals surface area contributed by atoms with Gasteiger partial charge in [0, 0.05) is 37.6 Å². The molecule has 2 aliphatic rings. The molecular formula is C24H28N6O. The van der Waals surface area contributed by atoms with Crippen LogP contribution in [0.1, 0.15) is 55.7 Å². The standard InChI is InChI=1S/C24H28N6O/c31-23(27-21-10-5-7-18-6-1-2-9-20(18)21)16-19-8-3-4-14-30(19)22-11-12-26-24(28-22)29-15-13-25-17-29/h1-2,6,9,11-13,15,17,19,21H,3-5,7-8,10,14,16H2,(H,27,31). The van der Waals surface area contributed by atoms with Crippen LogP contribution in [-0.4, -0.2) is 38.0 Å². The number of anilines is 1. The van der Waals surface area contributed by atoms with Crippen molar-refractivity contribution in [2.45, 2.75) is 57.0 Å². The van der Waals surface area contributed by atoms with E-state index in [9.17, 15) is 4.79 Å². The van der Waals surface area contributed by atoms with Crippen LogP contribution in [0.4, 0.5) is 5.82 Å². The average molecular weight is 417 g/mol. The van der Waals surface area contributed by atoms with Gasteiger partial charge in [0.1, 0.15) is 12.1 Å². The largest absolute Gasteiger partial charge is 0.353 e. The fourth-order valence-electron chi connectivity index (χ4n) is 4.89. The van der Waals surface area contributed by atoms with Crippen LogP contribution in [0, 0.1) is 0 Å². The summed E-state index contributed by atoms with van der Waals surface area (Å²) in [6.07, 6.45) is 14.0. The van der Waals surface area contributed by atoms with Crippen molar-refractivity contribution in [3.8, 4) is 5.95 Å². The Morgan fingerprint density at radius 3 is 2.94 bits per heavy atom. The highest BCUT2D eigenvalue weighted by molar-refractivity contribution is 5.77. The molecule has 1 aliphatic carbocycles. The number of nitrogens with zero attached hydrogens (tertiary/aromatic N) is 5. The van der Waals surface area contributed by atoms with E-state index in [0.29, 0.717) is 12.4 Å². The summed E-state index contributed by atoms with van der Waals surface area (Å²) in [7, 11) is 0. The zero-order chi connectivity index (χ0) is 21.0. The van der Waals surface area contributed by atoms with Crippen LogP contribution in [-0.2, 0) is 11.2 Å². The number of benzene rings is 1. The van der Waals surface area contributed by atoms with Gasteiger partial charge in [-0.25, -0.2) is 9.97 Å². The van der Waals surface area contributed by atoms with Gasteiger partial charge in [0.05, 0.1) is 6.04 Å². The van der Waals surface area contributed by atoms with Gasteiger partial charge in [0.25, 0.3) is 0 Å². The van der Waals surface area contributed by atoms with Crippen LogP contribution in [0.3, 0.4) is 0 Å². The molecule has 160 valence electrons. The Balaban J connectivity index is 1.29. The summed E-state index contributed by atoms with van der Waals surface area (Å²) in [5, 5.41) is 3.32. The van der Waals surface area contributed by atoms with E-state index in [2.05, 4.69) is 44.5 Å². The van der Waals surface area contributed by atoms with Crippen molar-refractivity contribution < 1.29 is 4.79 Å². The molecule has 1 amide bonds. The lowest BCUT2D eigenvalue weighted by Gasteiger charge is -2.37. The summed E-state index contributed by atoms with van der Waals surface area (Å²) in [6, 6.07) is 10.7. The lowest BCUT2D eigenvalue weighted by molar-refractivity contribution is -0.122. The number of fused-ring (bicyclic) bond motifs is 1. The van der Waals surface area contributed by atoms with E-state index in [1.807, 2.05) is 12.3 Å². The number of hydrogen-bond acceptors (Lipinski definition) is 5. The molecule has 31 heavy (non-hydrogen) atoms. The number of imidazole rings is 1. The van der Waals surface area contributed by atoms with Gasteiger partial charge in [0.15, 0.2) is 0 Å². The van der Waals surface area contributed by atoms with Crippen LogP contribution in [0.2, 0.25) is 0 Å². The smallest absolute Gasteiger partial charge is 0.236 e. The van der Waals surface area contributed by atoms with Gasteiger partial charge in [-0.3, -0.25) is 9.36 Å². The topological polar surface area (TPSA) is 75.9 Å². The van der Waals surface area contributed by atoms with E-state index < -0.39 is 0 Å². The van der Waals surface area contributed by atoms with Crippen molar-refractivity contribution in [2.75, 3.05) is 11.4 Å². The molecule has 1 N–H and O–H groups in total. The Hall–Kier alpha value is -3.22. The first-order valence-corrected chi connectivity index (χ1v) is 11.2. The molecule has 3 heterocycles. The maximum atomic E-state index is 13.0. The molecule has 2 unspecified atom stereocenters. The van der Waals surface area contributed by atoms with Gasteiger partial charge in [-0.1, -0.05) is 24.3 Å². The third kappa shape index (κ3) is 4.31. The summed E-state index contributed by atoms with van der Waals surface area (Å²) < 4.78 is 1.80. The molecule has 5 rings (SSSR count). The number of aromatic nitrogens is 4. The fourth-order valence-corrected chi connectivity index (χ4v) is 4.89. The summed E-state index contributed by atoms with van der Waals surface area (Å²) in [5.74, 6) is 1.60. The van der Waals surface area contributed by atoms with Crippen LogP contribution in [0.5, 0.6) is 0 Å². The Labute approximate surface area is 182 Å². The second-order valence-corrected chi connectivity index (χ2v) is 8.44. The van der Waals surface area contributed by atoms with E-state index in [1.165, 1.54) is 11.1 Å². The van der Waals surface area contributed by atoms with Gasteiger partial charge in [-0.05, 0) is 55.7 Å². The van der Waals surface area contributed by atoms with E-state index in [1.54, 1.807) is 23.3 Å². The molecule has 0 spiro atoms. The normalized spacial score (nSPS) is 20.8. The molecule has 1 aliphatic heterocycles. The number of rotatable bonds is 5. The lowest BCUT2D eigenvalue weighted by atomic mass is 9.87. The maximum absolute atomic E-state index is 13.0. The van der Waals surface area contributed by atoms with E-state index in [4.69, 9.17) is 4.98 Å². The second kappa shape index (κ2) is 8.88. The van der Waals surface area contributed by atoms with Gasteiger partial charge in [-0.15, -0.1) is 0 Å². The quantitative estimate of drug-likeness (QED) is 0.688. The minimum absolute atomic E-state index is 0.126. The van der Waals surface area contributed by atoms with Gasteiger partial charge >= 0.3 is 0 Å². The number of aryl methyl sites for hydroxylation is 1. The van der Waals surface area contributed by atoms with Crippen molar-refractivity contribution in [3.05, 3.63) is 66.4 Å². The monoisotopic (exact) mass is 416 g/mol. The Morgan fingerprint density at radius 1 is 1.10 bits per heavy atom. The van der Waals surface area contributed by atoms with Crippen molar-refractivity contribution in [2.24, 2.45) is 0 Å². The Kier molecular flexibility index (Phi) is 5.65. The van der Waals surface area contributed by atoms with Crippen LogP contribution < -0.4 is 10.2 Å². The van der Waals surface area contributed by atoms with Crippen molar-refractivity contribution in [1.29, 1.82) is 0 Å². The molecule has 7 heteroatoms. The first-order chi connectivity index (χ1) is 15.3. The average Bonchev–Trinajstić information content (AvgIpc) is 3.35. The summed E-state index contributed by atoms with van der Waals surface area (Å²) >= 11 is 0. The summed E-state index contributed by atoms with van der Waals surface area (Å²) in [4.78, 5) is 28.5. The highest BCUT2D eigenvalue weighted by Gasteiger charge is 2.28. The highest BCUT2D eigenvalue weighted by atomic mass is 16.1. The van der Waals surface area contributed by atoms with Gasteiger partial charge < -0.3 is 10.2 Å². The Morgan fingerprint density at radius 2 is 2.03 bits per heavy atom.